The van der Waals surface area contributed by atoms with Crippen LogP contribution in [-0.2, 0) is 14.8 Å². The molecule has 1 aromatic carbocycles. The molecule has 1 N–H and O–H groups in total. The number of nitrogens with one attached hydrogen (secondary N) is 1. The molecule has 1 aromatic rings. The number of likely N-dealkylation sites (tertiary alicyclic amines) is 1. The van der Waals surface area contributed by atoms with Gasteiger partial charge in [0.15, 0.2) is 0 Å². The summed E-state index contributed by atoms with van der Waals surface area (Å²) in [4.78, 5) is 14.2. The number of carbonyl (C=O) groups is 1. The van der Waals surface area contributed by atoms with E-state index in [1.807, 2.05) is 24.3 Å². The van der Waals surface area contributed by atoms with E-state index in [0.29, 0.717) is 12.5 Å². The van der Waals surface area contributed by atoms with Gasteiger partial charge in [-0.1, -0.05) is 25.1 Å². The van der Waals surface area contributed by atoms with Crippen molar-refractivity contribution in [2.45, 2.75) is 25.8 Å². The summed E-state index contributed by atoms with van der Waals surface area (Å²) in [5.74, 6) is 0.173. The zero-order chi connectivity index (χ0) is 17.0. The molecule has 1 aliphatic rings. The molecule has 23 heavy (non-hydrogen) atoms. The molecule has 2 rings (SSSR count). The van der Waals surface area contributed by atoms with Gasteiger partial charge in [0.25, 0.3) is 0 Å². The lowest BCUT2D eigenvalue weighted by atomic mass is 9.89. The van der Waals surface area contributed by atoms with E-state index in [1.54, 1.807) is 12.0 Å². The van der Waals surface area contributed by atoms with Crippen LogP contribution in [0.4, 0.5) is 0 Å². The SMILES string of the molecule is CNS(=O)(=O)CC(=O)N1CC(C)CCC1c1ccccc1OC. The minimum absolute atomic E-state index is 0.151. The van der Waals surface area contributed by atoms with Gasteiger partial charge in [-0.2, -0.15) is 0 Å². The first-order valence-corrected chi connectivity index (χ1v) is 9.36. The summed E-state index contributed by atoms with van der Waals surface area (Å²) >= 11 is 0. The lowest BCUT2D eigenvalue weighted by molar-refractivity contribution is -0.133. The lowest BCUT2D eigenvalue weighted by Crippen LogP contribution is -2.45. The maximum atomic E-state index is 12.6. The van der Waals surface area contributed by atoms with Crippen LogP contribution in [0.5, 0.6) is 5.75 Å². The average molecular weight is 340 g/mol. The number of ether oxygens (including phenoxy) is 1. The van der Waals surface area contributed by atoms with Crippen LogP contribution in [0.15, 0.2) is 24.3 Å². The molecule has 2 atom stereocenters. The van der Waals surface area contributed by atoms with Crippen LogP contribution >= 0.6 is 0 Å². The Hall–Kier alpha value is -1.60. The Morgan fingerprint density at radius 3 is 2.70 bits per heavy atom. The van der Waals surface area contributed by atoms with Crippen molar-refractivity contribution in [3.05, 3.63) is 29.8 Å². The molecule has 0 aromatic heterocycles. The van der Waals surface area contributed by atoms with Gasteiger partial charge in [0.05, 0.1) is 13.2 Å². The summed E-state index contributed by atoms with van der Waals surface area (Å²) in [7, 11) is -0.662. The number of carbonyl (C=O) groups excluding carboxylic acids is 1. The second kappa shape index (κ2) is 7.31. The highest BCUT2D eigenvalue weighted by Gasteiger charge is 2.34. The monoisotopic (exact) mass is 340 g/mol. The smallest absolute Gasteiger partial charge is 0.239 e. The zero-order valence-electron chi connectivity index (χ0n) is 13.8. The first-order valence-electron chi connectivity index (χ1n) is 7.71. The summed E-state index contributed by atoms with van der Waals surface area (Å²) in [5.41, 5.74) is 0.928. The highest BCUT2D eigenvalue weighted by atomic mass is 32.2. The van der Waals surface area contributed by atoms with E-state index >= 15 is 0 Å². The maximum absolute atomic E-state index is 12.6. The van der Waals surface area contributed by atoms with Crippen molar-refractivity contribution in [2.75, 3.05) is 26.5 Å². The molecule has 128 valence electrons. The van der Waals surface area contributed by atoms with Crippen molar-refractivity contribution >= 4 is 15.9 Å². The number of amides is 1. The van der Waals surface area contributed by atoms with E-state index in [4.69, 9.17) is 4.74 Å². The predicted octanol–water partition coefficient (Wildman–Crippen LogP) is 1.54. The van der Waals surface area contributed by atoms with Gasteiger partial charge in [-0.25, -0.2) is 13.1 Å². The van der Waals surface area contributed by atoms with Crippen LogP contribution in [0.25, 0.3) is 0 Å². The number of para-hydroxylation sites is 1. The topological polar surface area (TPSA) is 75.7 Å². The fourth-order valence-electron chi connectivity index (χ4n) is 3.01. The molecule has 0 aliphatic carbocycles. The van der Waals surface area contributed by atoms with Gasteiger partial charge < -0.3 is 9.64 Å². The normalized spacial score (nSPS) is 22.0. The number of benzene rings is 1. The molecule has 0 spiro atoms. The number of hydrogen-bond acceptors (Lipinski definition) is 4. The van der Waals surface area contributed by atoms with E-state index in [-0.39, 0.29) is 11.9 Å². The Bertz CT molecular complexity index is 660. The van der Waals surface area contributed by atoms with Crippen LogP contribution in [-0.4, -0.2) is 45.7 Å². The van der Waals surface area contributed by atoms with Gasteiger partial charge in [0.2, 0.25) is 15.9 Å². The number of nitrogens with zero attached hydrogens (tertiary/aromatic N) is 1. The molecule has 2 unspecified atom stereocenters. The molecule has 1 saturated heterocycles. The third-order valence-corrected chi connectivity index (χ3v) is 5.51. The quantitative estimate of drug-likeness (QED) is 0.882. The fourth-order valence-corrected chi connectivity index (χ4v) is 3.65. The Balaban J connectivity index is 2.31. The van der Waals surface area contributed by atoms with Crippen molar-refractivity contribution in [1.82, 2.24) is 9.62 Å². The molecule has 0 radical (unpaired) electrons. The van der Waals surface area contributed by atoms with Crippen molar-refractivity contribution in [3.8, 4) is 5.75 Å². The minimum atomic E-state index is -3.58. The van der Waals surface area contributed by atoms with Crippen LogP contribution in [0, 0.1) is 5.92 Å². The Morgan fingerprint density at radius 2 is 2.04 bits per heavy atom. The van der Waals surface area contributed by atoms with Crippen molar-refractivity contribution in [3.63, 3.8) is 0 Å². The molecule has 7 heteroatoms. The Kier molecular flexibility index (Phi) is 5.64. The molecule has 1 aliphatic heterocycles. The Labute approximate surface area is 137 Å². The molecule has 1 amide bonds. The third-order valence-electron chi connectivity index (χ3n) is 4.26. The molecular weight excluding hydrogens is 316 g/mol. The minimum Gasteiger partial charge on any atom is -0.496 e. The summed E-state index contributed by atoms with van der Waals surface area (Å²) in [5, 5.41) is 0. The van der Waals surface area contributed by atoms with Gasteiger partial charge >= 0.3 is 0 Å². The highest BCUT2D eigenvalue weighted by Crippen LogP contribution is 2.37. The summed E-state index contributed by atoms with van der Waals surface area (Å²) in [6.45, 7) is 2.63. The Morgan fingerprint density at radius 1 is 1.35 bits per heavy atom. The van der Waals surface area contributed by atoms with E-state index in [1.165, 1.54) is 7.05 Å². The lowest BCUT2D eigenvalue weighted by Gasteiger charge is -2.39. The van der Waals surface area contributed by atoms with Crippen LogP contribution < -0.4 is 9.46 Å². The van der Waals surface area contributed by atoms with Gasteiger partial charge in [0.1, 0.15) is 11.5 Å². The van der Waals surface area contributed by atoms with Crippen LogP contribution in [0.2, 0.25) is 0 Å². The first-order chi connectivity index (χ1) is 10.9. The fraction of sp³-hybridized carbons (Fsp3) is 0.562. The number of sulfonamides is 1. The summed E-state index contributed by atoms with van der Waals surface area (Å²) < 4.78 is 31.0. The summed E-state index contributed by atoms with van der Waals surface area (Å²) in [6.07, 6.45) is 1.79. The number of piperidine rings is 1. The zero-order valence-corrected chi connectivity index (χ0v) is 14.6. The predicted molar refractivity (Wildman–Crippen MR) is 88.7 cm³/mol. The average Bonchev–Trinajstić information content (AvgIpc) is 2.54. The molecule has 0 bridgehead atoms. The van der Waals surface area contributed by atoms with Gasteiger partial charge in [-0.05, 0) is 31.9 Å². The third kappa shape index (κ3) is 4.23. The van der Waals surface area contributed by atoms with Crippen molar-refractivity contribution in [1.29, 1.82) is 0 Å². The molecule has 0 saturated carbocycles. The molecular formula is C16H24N2O4S. The number of rotatable bonds is 5. The van der Waals surface area contributed by atoms with Crippen molar-refractivity contribution < 1.29 is 17.9 Å². The largest absolute Gasteiger partial charge is 0.496 e. The van der Waals surface area contributed by atoms with Crippen LogP contribution in [0.3, 0.4) is 0 Å². The standard InChI is InChI=1S/C16H24N2O4S/c1-12-8-9-14(13-6-4-5-7-15(13)22-3)18(10-12)16(19)11-23(20,21)17-2/h4-7,12,14,17H,8-11H2,1-3H3. The maximum Gasteiger partial charge on any atom is 0.239 e. The second-order valence-corrected chi connectivity index (χ2v) is 7.88. The molecule has 1 fully saturated rings. The van der Waals surface area contributed by atoms with Gasteiger partial charge in [-0.15, -0.1) is 0 Å². The van der Waals surface area contributed by atoms with E-state index in [9.17, 15) is 13.2 Å². The summed E-state index contributed by atoms with van der Waals surface area (Å²) in [6, 6.07) is 7.43. The van der Waals surface area contributed by atoms with E-state index < -0.39 is 15.8 Å². The van der Waals surface area contributed by atoms with Crippen molar-refractivity contribution in [2.24, 2.45) is 5.92 Å². The number of hydrogen-bond donors (Lipinski definition) is 1. The second-order valence-electron chi connectivity index (χ2n) is 5.95. The molecule has 6 nitrogen and oxygen atoms in total. The first kappa shape index (κ1) is 17.7. The van der Waals surface area contributed by atoms with Gasteiger partial charge in [0, 0.05) is 12.1 Å². The van der Waals surface area contributed by atoms with Crippen LogP contribution in [0.1, 0.15) is 31.4 Å². The van der Waals surface area contributed by atoms with Gasteiger partial charge in [-0.3, -0.25) is 4.79 Å². The van der Waals surface area contributed by atoms with E-state index in [2.05, 4.69) is 11.6 Å². The van der Waals surface area contributed by atoms with E-state index in [0.717, 1.165) is 24.2 Å². The molecule has 1 heterocycles. The number of methoxy groups -OCH3 is 1. The highest BCUT2D eigenvalue weighted by molar-refractivity contribution is 7.90.